The van der Waals surface area contributed by atoms with Crippen molar-refractivity contribution in [3.63, 3.8) is 0 Å². The predicted octanol–water partition coefficient (Wildman–Crippen LogP) is 1.93. The van der Waals surface area contributed by atoms with Crippen molar-refractivity contribution in [1.82, 2.24) is 20.9 Å². The number of hydrogen-bond donors (Lipinski definition) is 3. The summed E-state index contributed by atoms with van der Waals surface area (Å²) < 4.78 is 5.12. The quantitative estimate of drug-likeness (QED) is 0.616. The molecule has 0 radical (unpaired) electrons. The van der Waals surface area contributed by atoms with Gasteiger partial charge in [0.05, 0.1) is 20.1 Å². The maximum atomic E-state index is 12.7. The Labute approximate surface area is 177 Å². The van der Waals surface area contributed by atoms with E-state index in [1.165, 1.54) is 0 Å². The Kier molecular flexibility index (Phi) is 6.08. The van der Waals surface area contributed by atoms with Crippen molar-refractivity contribution in [2.75, 3.05) is 7.11 Å². The molecule has 4 amide bonds. The monoisotopic (exact) mass is 416 g/mol. The van der Waals surface area contributed by atoms with Crippen molar-refractivity contribution in [1.29, 1.82) is 0 Å². The molecule has 0 bridgehead atoms. The van der Waals surface area contributed by atoms with Gasteiger partial charge in [0.25, 0.3) is 5.91 Å². The molecule has 2 fully saturated rings. The summed E-state index contributed by atoms with van der Waals surface area (Å²) in [6, 6.07) is 5.88. The Bertz CT molecular complexity index is 803. The van der Waals surface area contributed by atoms with Crippen LogP contribution in [0, 0.1) is 0 Å². The third-order valence-corrected chi connectivity index (χ3v) is 5.55. The molecule has 1 atom stereocenters. The molecule has 3 N–H and O–H groups in total. The summed E-state index contributed by atoms with van der Waals surface area (Å²) in [7, 11) is 1.58. The number of imide groups is 1. The minimum absolute atomic E-state index is 0.0198. The summed E-state index contributed by atoms with van der Waals surface area (Å²) in [4.78, 5) is 38.8. The Morgan fingerprint density at radius 3 is 2.30 bits per heavy atom. The van der Waals surface area contributed by atoms with Gasteiger partial charge in [0.1, 0.15) is 11.8 Å². The highest BCUT2D eigenvalue weighted by molar-refractivity contribution is 6.05. The van der Waals surface area contributed by atoms with Crippen molar-refractivity contribution in [2.45, 2.75) is 76.7 Å². The maximum absolute atomic E-state index is 12.7. The van der Waals surface area contributed by atoms with Crippen LogP contribution in [0.5, 0.6) is 5.75 Å². The number of urea groups is 1. The summed E-state index contributed by atoms with van der Waals surface area (Å²) in [5.41, 5.74) is 0.627. The van der Waals surface area contributed by atoms with E-state index >= 15 is 0 Å². The zero-order chi connectivity index (χ0) is 22.1. The van der Waals surface area contributed by atoms with Gasteiger partial charge in [0.15, 0.2) is 0 Å². The molecule has 2 heterocycles. The fourth-order valence-electron chi connectivity index (χ4n) is 4.67. The van der Waals surface area contributed by atoms with Gasteiger partial charge in [0, 0.05) is 17.1 Å². The number of benzene rings is 1. The number of ether oxygens (including phenoxy) is 1. The van der Waals surface area contributed by atoms with Crippen molar-refractivity contribution in [3.8, 4) is 5.75 Å². The van der Waals surface area contributed by atoms with E-state index in [4.69, 9.17) is 4.74 Å². The Hall–Kier alpha value is -2.61. The number of amides is 4. The highest BCUT2D eigenvalue weighted by atomic mass is 16.5. The van der Waals surface area contributed by atoms with Gasteiger partial charge in [-0.05, 0) is 58.2 Å². The first kappa shape index (κ1) is 22.1. The van der Waals surface area contributed by atoms with Gasteiger partial charge in [-0.15, -0.1) is 0 Å². The zero-order valence-corrected chi connectivity index (χ0v) is 18.4. The first-order valence-corrected chi connectivity index (χ1v) is 10.3. The minimum Gasteiger partial charge on any atom is -0.497 e. The second kappa shape index (κ2) is 8.26. The van der Waals surface area contributed by atoms with E-state index in [-0.39, 0.29) is 41.9 Å². The van der Waals surface area contributed by atoms with Crippen LogP contribution in [0.1, 0.15) is 52.5 Å². The van der Waals surface area contributed by atoms with Crippen molar-refractivity contribution < 1.29 is 19.1 Å². The molecule has 2 saturated heterocycles. The van der Waals surface area contributed by atoms with E-state index in [2.05, 4.69) is 43.6 Å². The van der Waals surface area contributed by atoms with Gasteiger partial charge < -0.3 is 20.7 Å². The first-order chi connectivity index (χ1) is 14.0. The van der Waals surface area contributed by atoms with Crippen LogP contribution < -0.4 is 20.7 Å². The third kappa shape index (κ3) is 5.30. The summed E-state index contributed by atoms with van der Waals surface area (Å²) in [6.07, 6.45) is 1.54. The van der Waals surface area contributed by atoms with E-state index < -0.39 is 12.1 Å². The van der Waals surface area contributed by atoms with Crippen LogP contribution in [0.25, 0.3) is 0 Å². The lowest BCUT2D eigenvalue weighted by molar-refractivity contribution is -0.131. The Morgan fingerprint density at radius 2 is 1.73 bits per heavy atom. The lowest BCUT2D eigenvalue weighted by Crippen LogP contribution is -2.62. The standard InChI is InChI=1S/C22H32N4O4/c1-21(2)11-15(12-22(3,4)25-21)23-18(27)10-17-19(28)26(20(29)24-17)13-14-6-8-16(30-5)9-7-14/h6-9,15,17,25H,10-13H2,1-5H3,(H,23,27)(H,24,29)/t17-/m1/s1. The average Bonchev–Trinajstić information content (AvgIpc) is 2.87. The number of nitrogens with one attached hydrogen (secondary N) is 3. The predicted molar refractivity (Wildman–Crippen MR) is 113 cm³/mol. The fourth-order valence-corrected chi connectivity index (χ4v) is 4.67. The minimum atomic E-state index is -0.835. The molecule has 1 aromatic rings. The lowest BCUT2D eigenvalue weighted by Gasteiger charge is -2.46. The normalized spacial score (nSPS) is 23.2. The van der Waals surface area contributed by atoms with E-state index in [9.17, 15) is 14.4 Å². The van der Waals surface area contributed by atoms with Gasteiger partial charge in [-0.1, -0.05) is 12.1 Å². The summed E-state index contributed by atoms with van der Waals surface area (Å²) >= 11 is 0. The molecule has 8 heteroatoms. The lowest BCUT2D eigenvalue weighted by atomic mass is 9.79. The number of methoxy groups -OCH3 is 1. The molecule has 2 aliphatic heterocycles. The van der Waals surface area contributed by atoms with Crippen molar-refractivity contribution >= 4 is 17.8 Å². The van der Waals surface area contributed by atoms with Crippen LogP contribution in [0.2, 0.25) is 0 Å². The van der Waals surface area contributed by atoms with E-state index in [1.807, 2.05) is 0 Å². The second-order valence-electron chi connectivity index (χ2n) is 9.54. The van der Waals surface area contributed by atoms with Crippen molar-refractivity contribution in [2.24, 2.45) is 0 Å². The van der Waals surface area contributed by atoms with Crippen LogP contribution in [0.3, 0.4) is 0 Å². The summed E-state index contributed by atoms with van der Waals surface area (Å²) in [6.45, 7) is 8.62. The maximum Gasteiger partial charge on any atom is 0.325 e. The van der Waals surface area contributed by atoms with Crippen LogP contribution in [-0.2, 0) is 16.1 Å². The topological polar surface area (TPSA) is 99.8 Å². The molecule has 3 rings (SSSR count). The molecular weight excluding hydrogens is 384 g/mol. The molecule has 1 aromatic carbocycles. The molecule has 8 nitrogen and oxygen atoms in total. The number of rotatable bonds is 6. The molecule has 0 unspecified atom stereocenters. The van der Waals surface area contributed by atoms with E-state index in [0.717, 1.165) is 23.3 Å². The molecule has 0 aromatic heterocycles. The summed E-state index contributed by atoms with van der Waals surface area (Å²) in [5, 5.41) is 9.27. The Morgan fingerprint density at radius 1 is 1.13 bits per heavy atom. The SMILES string of the molecule is COc1ccc(CN2C(=O)N[C@H](CC(=O)NC3CC(C)(C)NC(C)(C)C3)C2=O)cc1. The zero-order valence-electron chi connectivity index (χ0n) is 18.4. The molecule has 164 valence electrons. The molecule has 30 heavy (non-hydrogen) atoms. The number of carbonyl (C=O) groups is 3. The van der Waals surface area contributed by atoms with Gasteiger partial charge in [-0.3, -0.25) is 14.5 Å². The van der Waals surface area contributed by atoms with E-state index in [1.54, 1.807) is 31.4 Å². The summed E-state index contributed by atoms with van der Waals surface area (Å²) in [5.74, 6) is 0.102. The number of piperidine rings is 1. The van der Waals surface area contributed by atoms with Crippen LogP contribution in [0.4, 0.5) is 4.79 Å². The van der Waals surface area contributed by atoms with Crippen LogP contribution in [-0.4, -0.2) is 53.0 Å². The van der Waals surface area contributed by atoms with Crippen molar-refractivity contribution in [3.05, 3.63) is 29.8 Å². The smallest absolute Gasteiger partial charge is 0.325 e. The van der Waals surface area contributed by atoms with Gasteiger partial charge in [-0.25, -0.2) is 4.79 Å². The van der Waals surface area contributed by atoms with Gasteiger partial charge in [0.2, 0.25) is 5.91 Å². The third-order valence-electron chi connectivity index (χ3n) is 5.55. The number of nitrogens with zero attached hydrogens (tertiary/aromatic N) is 1. The highest BCUT2D eigenvalue weighted by Crippen LogP contribution is 2.28. The highest BCUT2D eigenvalue weighted by Gasteiger charge is 2.41. The fraction of sp³-hybridized carbons (Fsp3) is 0.591. The molecule has 0 aliphatic carbocycles. The average molecular weight is 417 g/mol. The number of carbonyl (C=O) groups excluding carboxylic acids is 3. The number of hydrogen-bond acceptors (Lipinski definition) is 5. The van der Waals surface area contributed by atoms with Crippen LogP contribution in [0.15, 0.2) is 24.3 Å². The molecule has 2 aliphatic rings. The molecular formula is C22H32N4O4. The largest absolute Gasteiger partial charge is 0.497 e. The van der Waals surface area contributed by atoms with E-state index in [0.29, 0.717) is 5.75 Å². The molecule has 0 saturated carbocycles. The van der Waals surface area contributed by atoms with Gasteiger partial charge in [-0.2, -0.15) is 0 Å². The van der Waals surface area contributed by atoms with Gasteiger partial charge >= 0.3 is 6.03 Å². The second-order valence-corrected chi connectivity index (χ2v) is 9.54. The first-order valence-electron chi connectivity index (χ1n) is 10.3. The molecule has 0 spiro atoms. The van der Waals surface area contributed by atoms with Crippen LogP contribution >= 0.6 is 0 Å². The Balaban J connectivity index is 1.57.